The van der Waals surface area contributed by atoms with Crippen LogP contribution >= 0.6 is 0 Å². The first kappa shape index (κ1) is 17.4. The lowest BCUT2D eigenvalue weighted by molar-refractivity contribution is -0.889. The number of aliphatic hydroxyl groups is 1. The molecule has 0 amide bonds. The molecule has 2 rings (SSSR count). The fourth-order valence-corrected chi connectivity index (χ4v) is 2.21. The molecule has 0 fully saturated rings. The second kappa shape index (κ2) is 7.38. The van der Waals surface area contributed by atoms with Gasteiger partial charge in [0.2, 0.25) is 0 Å². The molecule has 3 heteroatoms. The molecule has 0 heterocycles. The van der Waals surface area contributed by atoms with Gasteiger partial charge in [0.15, 0.2) is 0 Å². The first-order chi connectivity index (χ1) is 9.02. The van der Waals surface area contributed by atoms with Crippen LogP contribution in [0, 0.1) is 0 Å². The number of fused-ring (bicyclic) bond motifs is 1. The Kier molecular flexibility index (Phi) is 6.43. The summed E-state index contributed by atoms with van der Waals surface area (Å²) in [6.07, 6.45) is 0.438. The summed E-state index contributed by atoms with van der Waals surface area (Å²) >= 11 is 0. The molecule has 0 spiro atoms. The van der Waals surface area contributed by atoms with Crippen molar-refractivity contribution in [3.05, 3.63) is 48.0 Å². The maximum atomic E-state index is 10.3. The third-order valence-corrected chi connectivity index (χ3v) is 4.02. The maximum absolute atomic E-state index is 10.3. The van der Waals surface area contributed by atoms with Crippen molar-refractivity contribution in [2.75, 3.05) is 27.2 Å². The van der Waals surface area contributed by atoms with Gasteiger partial charge in [-0.25, -0.2) is 0 Å². The molecule has 110 valence electrons. The number of hydrogen-bond donors (Lipinski definition) is 1. The second-order valence-electron chi connectivity index (χ2n) is 5.89. The van der Waals surface area contributed by atoms with E-state index in [9.17, 15) is 5.11 Å². The molecule has 2 aromatic carbocycles. The molecule has 1 unspecified atom stereocenters. The molecule has 0 aliphatic rings. The standard InChI is InChI=1S/C17H24NO.HI/c1-4-18(2,3)12-11-17(19)16-10-9-14-7-5-6-8-15(14)13-16;/h5-10,13,17,19H,4,11-12H2,1-3H3;1H/q+1;/p-1. The lowest BCUT2D eigenvalue weighted by atomic mass is 10.0. The fourth-order valence-electron chi connectivity index (χ4n) is 2.21. The summed E-state index contributed by atoms with van der Waals surface area (Å²) in [5, 5.41) is 12.8. The van der Waals surface area contributed by atoms with Crippen molar-refractivity contribution in [1.29, 1.82) is 0 Å². The highest BCUT2D eigenvalue weighted by Gasteiger charge is 2.16. The van der Waals surface area contributed by atoms with Gasteiger partial charge in [0.05, 0.1) is 33.3 Å². The SMILES string of the molecule is CC[N+](C)(C)CCC(O)c1ccc2ccccc2c1.[I-]. The van der Waals surface area contributed by atoms with Crippen LogP contribution in [0.5, 0.6) is 0 Å². The first-order valence-electron chi connectivity index (χ1n) is 7.00. The summed E-state index contributed by atoms with van der Waals surface area (Å²) in [5.74, 6) is 0. The monoisotopic (exact) mass is 385 g/mol. The van der Waals surface area contributed by atoms with Crippen LogP contribution in [0.15, 0.2) is 42.5 Å². The van der Waals surface area contributed by atoms with Crippen molar-refractivity contribution < 1.29 is 33.6 Å². The Balaban J connectivity index is 0.00000200. The van der Waals surface area contributed by atoms with E-state index in [-0.39, 0.29) is 30.1 Å². The predicted molar refractivity (Wildman–Crippen MR) is 81.0 cm³/mol. The Hall–Kier alpha value is -0.650. The van der Waals surface area contributed by atoms with Crippen molar-refractivity contribution in [1.82, 2.24) is 0 Å². The molecule has 0 saturated heterocycles. The van der Waals surface area contributed by atoms with Crippen molar-refractivity contribution in [3.63, 3.8) is 0 Å². The first-order valence-corrected chi connectivity index (χ1v) is 7.00. The average molecular weight is 385 g/mol. The molecule has 1 atom stereocenters. The number of benzene rings is 2. The smallest absolute Gasteiger partial charge is 0.0843 e. The number of quaternary nitrogens is 1. The Labute approximate surface area is 139 Å². The van der Waals surface area contributed by atoms with E-state index in [1.165, 1.54) is 10.8 Å². The van der Waals surface area contributed by atoms with Crippen molar-refractivity contribution in [3.8, 4) is 0 Å². The summed E-state index contributed by atoms with van der Waals surface area (Å²) in [5.41, 5.74) is 1.02. The van der Waals surface area contributed by atoms with E-state index in [0.29, 0.717) is 0 Å². The summed E-state index contributed by atoms with van der Waals surface area (Å²) in [7, 11) is 4.40. The minimum Gasteiger partial charge on any atom is -1.00 e. The number of hydrogen-bond acceptors (Lipinski definition) is 1. The largest absolute Gasteiger partial charge is 1.00 e. The minimum atomic E-state index is -0.367. The van der Waals surface area contributed by atoms with Gasteiger partial charge in [-0.15, -0.1) is 0 Å². The van der Waals surface area contributed by atoms with E-state index < -0.39 is 0 Å². The van der Waals surface area contributed by atoms with Gasteiger partial charge in [-0.1, -0.05) is 36.4 Å². The van der Waals surface area contributed by atoms with Crippen LogP contribution in [-0.2, 0) is 0 Å². The topological polar surface area (TPSA) is 20.2 Å². The number of halogens is 1. The van der Waals surface area contributed by atoms with Crippen LogP contribution < -0.4 is 24.0 Å². The van der Waals surface area contributed by atoms with Crippen LogP contribution in [0.3, 0.4) is 0 Å². The van der Waals surface area contributed by atoms with Crippen molar-refractivity contribution in [2.45, 2.75) is 19.4 Å². The molecule has 0 bridgehead atoms. The van der Waals surface area contributed by atoms with Crippen LogP contribution in [0.25, 0.3) is 10.8 Å². The van der Waals surface area contributed by atoms with E-state index in [1.54, 1.807) is 0 Å². The highest BCUT2D eigenvalue weighted by Crippen LogP contribution is 2.23. The maximum Gasteiger partial charge on any atom is 0.0843 e. The van der Waals surface area contributed by atoms with Gasteiger partial charge in [-0.05, 0) is 29.3 Å². The number of rotatable bonds is 5. The highest BCUT2D eigenvalue weighted by atomic mass is 127. The number of nitrogens with zero attached hydrogens (tertiary/aromatic N) is 1. The van der Waals surface area contributed by atoms with E-state index in [4.69, 9.17) is 0 Å². The molecular formula is C17H24INO. The van der Waals surface area contributed by atoms with Gasteiger partial charge >= 0.3 is 0 Å². The second-order valence-corrected chi connectivity index (χ2v) is 5.89. The van der Waals surface area contributed by atoms with Crippen LogP contribution in [0.2, 0.25) is 0 Å². The van der Waals surface area contributed by atoms with E-state index in [0.717, 1.165) is 29.6 Å². The normalized spacial score (nSPS) is 13.0. The Bertz CT molecular complexity index is 553. The van der Waals surface area contributed by atoms with Crippen molar-refractivity contribution in [2.24, 2.45) is 0 Å². The Morgan fingerprint density at radius 1 is 1.05 bits per heavy atom. The highest BCUT2D eigenvalue weighted by molar-refractivity contribution is 5.83. The minimum absolute atomic E-state index is 0. The molecule has 20 heavy (non-hydrogen) atoms. The zero-order valence-corrected chi connectivity index (χ0v) is 14.7. The quantitative estimate of drug-likeness (QED) is 0.583. The molecule has 1 N–H and O–H groups in total. The molecule has 2 nitrogen and oxygen atoms in total. The molecular weight excluding hydrogens is 361 g/mol. The molecule has 0 aliphatic carbocycles. The Morgan fingerprint density at radius 3 is 2.35 bits per heavy atom. The fraction of sp³-hybridized carbons (Fsp3) is 0.412. The van der Waals surface area contributed by atoms with Crippen LogP contribution in [-0.4, -0.2) is 36.8 Å². The molecule has 2 aromatic rings. The third-order valence-electron chi connectivity index (χ3n) is 4.02. The van der Waals surface area contributed by atoms with Gasteiger partial charge in [-0.2, -0.15) is 0 Å². The van der Waals surface area contributed by atoms with Gasteiger partial charge in [0, 0.05) is 6.42 Å². The summed E-state index contributed by atoms with van der Waals surface area (Å²) < 4.78 is 0.949. The molecule has 0 aliphatic heterocycles. The summed E-state index contributed by atoms with van der Waals surface area (Å²) in [6.45, 7) is 4.26. The van der Waals surface area contributed by atoms with Crippen LogP contribution in [0.4, 0.5) is 0 Å². The summed E-state index contributed by atoms with van der Waals surface area (Å²) in [4.78, 5) is 0. The van der Waals surface area contributed by atoms with E-state index >= 15 is 0 Å². The van der Waals surface area contributed by atoms with Crippen LogP contribution in [0.1, 0.15) is 25.0 Å². The van der Waals surface area contributed by atoms with Gasteiger partial charge in [0.25, 0.3) is 0 Å². The zero-order chi connectivity index (χ0) is 13.9. The lowest BCUT2D eigenvalue weighted by Gasteiger charge is -2.29. The lowest BCUT2D eigenvalue weighted by Crippen LogP contribution is -3.00. The average Bonchev–Trinajstić information content (AvgIpc) is 2.44. The Morgan fingerprint density at radius 2 is 1.70 bits per heavy atom. The van der Waals surface area contributed by atoms with Gasteiger partial charge < -0.3 is 33.6 Å². The zero-order valence-electron chi connectivity index (χ0n) is 12.5. The number of aliphatic hydroxyl groups excluding tert-OH is 1. The third kappa shape index (κ3) is 4.43. The molecule has 0 radical (unpaired) electrons. The van der Waals surface area contributed by atoms with E-state index in [1.807, 2.05) is 18.2 Å². The molecule has 0 aromatic heterocycles. The predicted octanol–water partition coefficient (Wildman–Crippen LogP) is 0.364. The van der Waals surface area contributed by atoms with Gasteiger partial charge in [0.1, 0.15) is 0 Å². The molecule has 0 saturated carbocycles. The van der Waals surface area contributed by atoms with Crippen molar-refractivity contribution >= 4 is 10.8 Å². The van der Waals surface area contributed by atoms with Gasteiger partial charge in [-0.3, -0.25) is 0 Å². The summed E-state index contributed by atoms with van der Waals surface area (Å²) in [6, 6.07) is 14.5. The van der Waals surface area contributed by atoms with E-state index in [2.05, 4.69) is 45.3 Å².